The van der Waals surface area contributed by atoms with Crippen LogP contribution in [0.4, 0.5) is 0 Å². The van der Waals surface area contributed by atoms with Gasteiger partial charge < -0.3 is 4.74 Å². The summed E-state index contributed by atoms with van der Waals surface area (Å²) in [5, 5.41) is 0. The summed E-state index contributed by atoms with van der Waals surface area (Å²) in [4.78, 5) is 0. The molecule has 0 unspecified atom stereocenters. The first-order valence-electron chi connectivity index (χ1n) is 7.11. The van der Waals surface area contributed by atoms with Crippen LogP contribution in [0.3, 0.4) is 0 Å². The molecule has 3 rings (SSSR count). The van der Waals surface area contributed by atoms with Gasteiger partial charge in [-0.1, -0.05) is 37.6 Å². The lowest BCUT2D eigenvalue weighted by atomic mass is 9.84. The smallest absolute Gasteiger partial charge is 0.119 e. The lowest BCUT2D eigenvalue weighted by Gasteiger charge is -2.21. The molecule has 1 nitrogen and oxygen atoms in total. The number of ether oxygens (including phenoxy) is 1. The van der Waals surface area contributed by atoms with Crippen LogP contribution in [0.1, 0.15) is 30.0 Å². The second-order valence-corrected chi connectivity index (χ2v) is 5.26. The highest BCUT2D eigenvalue weighted by Crippen LogP contribution is 2.35. The van der Waals surface area contributed by atoms with Crippen LogP contribution in [0.15, 0.2) is 36.4 Å². The molecule has 0 aromatic heterocycles. The predicted octanol–water partition coefficient (Wildman–Crippen LogP) is 4.41. The molecule has 0 spiro atoms. The van der Waals surface area contributed by atoms with Gasteiger partial charge in [-0.15, -0.1) is 0 Å². The van der Waals surface area contributed by atoms with Gasteiger partial charge in [-0.3, -0.25) is 0 Å². The van der Waals surface area contributed by atoms with Crippen molar-refractivity contribution in [1.29, 1.82) is 0 Å². The maximum atomic E-state index is 5.32. The molecule has 0 saturated heterocycles. The van der Waals surface area contributed by atoms with E-state index in [1.165, 1.54) is 40.7 Å². The van der Waals surface area contributed by atoms with Crippen LogP contribution in [0.5, 0.6) is 5.75 Å². The number of hydrogen-bond acceptors (Lipinski definition) is 1. The zero-order chi connectivity index (χ0) is 13.2. The number of rotatable bonds is 3. The van der Waals surface area contributed by atoms with Gasteiger partial charge in [0.15, 0.2) is 0 Å². The first kappa shape index (κ1) is 12.3. The minimum atomic E-state index is 0.963. The summed E-state index contributed by atoms with van der Waals surface area (Å²) < 4.78 is 5.32. The Morgan fingerprint density at radius 2 is 1.63 bits per heavy atom. The quantitative estimate of drug-likeness (QED) is 0.786. The highest BCUT2D eigenvalue weighted by Gasteiger charge is 2.16. The van der Waals surface area contributed by atoms with Gasteiger partial charge in [0.05, 0.1) is 7.11 Å². The van der Waals surface area contributed by atoms with Crippen LogP contribution in [0.2, 0.25) is 0 Å². The van der Waals surface area contributed by atoms with Crippen LogP contribution < -0.4 is 4.74 Å². The van der Waals surface area contributed by atoms with Gasteiger partial charge in [0.2, 0.25) is 0 Å². The first-order chi connectivity index (χ1) is 9.31. The third-order valence-corrected chi connectivity index (χ3v) is 3.97. The third kappa shape index (κ3) is 2.25. The molecular formula is C18H20O. The van der Waals surface area contributed by atoms with Crippen LogP contribution >= 0.6 is 0 Å². The number of hydrogen-bond donors (Lipinski definition) is 0. The second-order valence-electron chi connectivity index (χ2n) is 5.26. The lowest BCUT2D eigenvalue weighted by molar-refractivity contribution is 0.414. The van der Waals surface area contributed by atoms with E-state index in [0.29, 0.717) is 0 Å². The molecule has 2 aromatic carbocycles. The minimum absolute atomic E-state index is 0.963. The van der Waals surface area contributed by atoms with E-state index < -0.39 is 0 Å². The molecule has 0 saturated carbocycles. The highest BCUT2D eigenvalue weighted by atomic mass is 16.5. The maximum Gasteiger partial charge on any atom is 0.119 e. The van der Waals surface area contributed by atoms with E-state index in [-0.39, 0.29) is 0 Å². The summed E-state index contributed by atoms with van der Waals surface area (Å²) in [6.45, 7) is 2.24. The number of benzene rings is 2. The van der Waals surface area contributed by atoms with Gasteiger partial charge in [-0.05, 0) is 59.2 Å². The van der Waals surface area contributed by atoms with Gasteiger partial charge >= 0.3 is 0 Å². The van der Waals surface area contributed by atoms with Gasteiger partial charge in [0.25, 0.3) is 0 Å². The molecule has 19 heavy (non-hydrogen) atoms. The molecule has 0 bridgehead atoms. The van der Waals surface area contributed by atoms with E-state index in [2.05, 4.69) is 43.3 Å². The Balaban J connectivity index is 2.04. The second kappa shape index (κ2) is 5.08. The first-order valence-corrected chi connectivity index (χ1v) is 7.11. The average molecular weight is 252 g/mol. The highest BCUT2D eigenvalue weighted by molar-refractivity contribution is 5.74. The van der Waals surface area contributed by atoms with Crippen LogP contribution in [-0.4, -0.2) is 7.11 Å². The molecule has 2 aromatic rings. The fraction of sp³-hybridized carbons (Fsp3) is 0.333. The summed E-state index contributed by atoms with van der Waals surface area (Å²) in [6, 6.07) is 13.4. The van der Waals surface area contributed by atoms with Crippen LogP contribution in [0.25, 0.3) is 11.1 Å². The molecule has 0 atom stereocenters. The van der Waals surface area contributed by atoms with Crippen molar-refractivity contribution in [3.63, 3.8) is 0 Å². The molecule has 0 heterocycles. The predicted molar refractivity (Wildman–Crippen MR) is 79.8 cm³/mol. The molecule has 0 N–H and O–H groups in total. The average Bonchev–Trinajstić information content (AvgIpc) is 2.46. The third-order valence-electron chi connectivity index (χ3n) is 3.97. The van der Waals surface area contributed by atoms with Crippen molar-refractivity contribution in [2.45, 2.75) is 32.6 Å². The van der Waals surface area contributed by atoms with Crippen molar-refractivity contribution in [1.82, 2.24) is 0 Å². The normalized spacial score (nSPS) is 12.7. The molecular weight excluding hydrogens is 232 g/mol. The Kier molecular flexibility index (Phi) is 3.29. The zero-order valence-electron chi connectivity index (χ0n) is 11.7. The van der Waals surface area contributed by atoms with Gasteiger partial charge in [-0.2, -0.15) is 0 Å². The molecule has 1 heteroatoms. The number of fused-ring (bicyclic) bond motifs is 3. The monoisotopic (exact) mass is 252 g/mol. The largest absolute Gasteiger partial charge is 0.497 e. The molecule has 0 fully saturated rings. The van der Waals surface area contributed by atoms with Gasteiger partial charge in [-0.25, -0.2) is 0 Å². The van der Waals surface area contributed by atoms with E-state index >= 15 is 0 Å². The molecule has 1 aliphatic rings. The lowest BCUT2D eigenvalue weighted by Crippen LogP contribution is -2.05. The summed E-state index contributed by atoms with van der Waals surface area (Å²) in [5.74, 6) is 0.963. The molecule has 98 valence electrons. The number of methoxy groups -OCH3 is 1. The SMILES string of the molecule is CCCc1ccc2c(c1)CCc1cc(OC)ccc1-2. The summed E-state index contributed by atoms with van der Waals surface area (Å²) in [7, 11) is 1.73. The van der Waals surface area contributed by atoms with Crippen molar-refractivity contribution in [2.24, 2.45) is 0 Å². The van der Waals surface area contributed by atoms with E-state index in [0.717, 1.165) is 18.6 Å². The number of aryl methyl sites for hydroxylation is 3. The summed E-state index contributed by atoms with van der Waals surface area (Å²) in [6.07, 6.45) is 4.66. The van der Waals surface area contributed by atoms with Crippen LogP contribution in [0, 0.1) is 0 Å². The van der Waals surface area contributed by atoms with Crippen molar-refractivity contribution < 1.29 is 4.74 Å². The Morgan fingerprint density at radius 3 is 2.32 bits per heavy atom. The molecule has 1 aliphatic carbocycles. The summed E-state index contributed by atoms with van der Waals surface area (Å²) >= 11 is 0. The van der Waals surface area contributed by atoms with Gasteiger partial charge in [0.1, 0.15) is 5.75 Å². The zero-order valence-corrected chi connectivity index (χ0v) is 11.7. The minimum Gasteiger partial charge on any atom is -0.497 e. The Bertz CT molecular complexity index is 599. The van der Waals surface area contributed by atoms with Crippen molar-refractivity contribution >= 4 is 0 Å². The topological polar surface area (TPSA) is 9.23 Å². The van der Waals surface area contributed by atoms with Crippen molar-refractivity contribution in [3.05, 3.63) is 53.1 Å². The fourth-order valence-corrected chi connectivity index (χ4v) is 3.00. The molecule has 0 amide bonds. The van der Waals surface area contributed by atoms with Crippen molar-refractivity contribution in [3.8, 4) is 16.9 Å². The Morgan fingerprint density at radius 1 is 0.947 bits per heavy atom. The van der Waals surface area contributed by atoms with E-state index in [1.54, 1.807) is 7.11 Å². The maximum absolute atomic E-state index is 5.32. The van der Waals surface area contributed by atoms with E-state index in [1.807, 2.05) is 0 Å². The van der Waals surface area contributed by atoms with E-state index in [4.69, 9.17) is 4.74 Å². The van der Waals surface area contributed by atoms with Crippen molar-refractivity contribution in [2.75, 3.05) is 7.11 Å². The van der Waals surface area contributed by atoms with E-state index in [9.17, 15) is 0 Å². The Labute approximate surface area is 115 Å². The fourth-order valence-electron chi connectivity index (χ4n) is 3.00. The standard InChI is InChI=1S/C18H20O/c1-3-4-13-5-9-17-14(11-13)6-7-15-12-16(19-2)8-10-18(15)17/h5,8-12H,3-4,6-7H2,1-2H3. The Hall–Kier alpha value is -1.76. The molecule has 0 radical (unpaired) electrons. The van der Waals surface area contributed by atoms with Crippen LogP contribution in [-0.2, 0) is 19.3 Å². The molecule has 0 aliphatic heterocycles. The van der Waals surface area contributed by atoms with Gasteiger partial charge in [0, 0.05) is 0 Å². The summed E-state index contributed by atoms with van der Waals surface area (Å²) in [5.41, 5.74) is 7.17.